The number of fused-ring (bicyclic) bond motifs is 2. The van der Waals surface area contributed by atoms with Gasteiger partial charge in [-0.05, 0) is 30.6 Å². The predicted molar refractivity (Wildman–Crippen MR) is 57.5 cm³/mol. The Morgan fingerprint density at radius 1 is 1.13 bits per heavy atom. The zero-order valence-corrected chi connectivity index (χ0v) is 9.35. The van der Waals surface area contributed by atoms with Crippen molar-refractivity contribution in [3.63, 3.8) is 0 Å². The Labute approximate surface area is 91.4 Å². The zero-order chi connectivity index (χ0) is 10.5. The molecule has 3 atom stereocenters. The number of allylic oxidation sites excluding steroid dienone is 2. The zero-order valence-electron chi connectivity index (χ0n) is 9.35. The summed E-state index contributed by atoms with van der Waals surface area (Å²) in [6, 6.07) is 0. The lowest BCUT2D eigenvalue weighted by Crippen LogP contribution is -2.16. The molecule has 2 aliphatic rings. The molecule has 1 saturated carbocycles. The number of rotatable bonds is 7. The normalized spacial score (nSPS) is 32.7. The van der Waals surface area contributed by atoms with Crippen LogP contribution in [0.3, 0.4) is 0 Å². The van der Waals surface area contributed by atoms with Gasteiger partial charge in [-0.15, -0.1) is 0 Å². The molecular formula is C12H20O3. The smallest absolute Gasteiger partial charge is 0.146 e. The highest BCUT2D eigenvalue weighted by Crippen LogP contribution is 2.43. The first-order chi connectivity index (χ1) is 7.40. The number of hydrogen-bond donors (Lipinski definition) is 0. The summed E-state index contributed by atoms with van der Waals surface area (Å²) < 4.78 is 15.6. The van der Waals surface area contributed by atoms with Crippen molar-refractivity contribution in [2.45, 2.75) is 12.8 Å². The lowest BCUT2D eigenvalue weighted by Gasteiger charge is -2.17. The van der Waals surface area contributed by atoms with Crippen molar-refractivity contribution < 1.29 is 14.2 Å². The van der Waals surface area contributed by atoms with Crippen LogP contribution in [-0.4, -0.2) is 33.7 Å². The van der Waals surface area contributed by atoms with Crippen LogP contribution in [0.2, 0.25) is 0 Å². The summed E-state index contributed by atoms with van der Waals surface area (Å²) in [7, 11) is 1.67. The molecule has 0 aliphatic heterocycles. The van der Waals surface area contributed by atoms with E-state index in [2.05, 4.69) is 12.2 Å². The molecule has 86 valence electrons. The average Bonchev–Trinajstić information content (AvgIpc) is 2.85. The first-order valence-corrected chi connectivity index (χ1v) is 5.73. The summed E-state index contributed by atoms with van der Waals surface area (Å²) in [6.07, 6.45) is 7.36. The van der Waals surface area contributed by atoms with E-state index < -0.39 is 0 Å². The van der Waals surface area contributed by atoms with Crippen LogP contribution in [-0.2, 0) is 14.2 Å². The molecule has 2 bridgehead atoms. The molecule has 0 aromatic heterocycles. The van der Waals surface area contributed by atoms with Crippen molar-refractivity contribution in [2.24, 2.45) is 17.8 Å². The highest BCUT2D eigenvalue weighted by atomic mass is 16.7. The van der Waals surface area contributed by atoms with E-state index in [4.69, 9.17) is 14.2 Å². The largest absolute Gasteiger partial charge is 0.382 e. The van der Waals surface area contributed by atoms with Gasteiger partial charge in [0.05, 0.1) is 19.8 Å². The van der Waals surface area contributed by atoms with Gasteiger partial charge in [-0.2, -0.15) is 0 Å². The molecule has 15 heavy (non-hydrogen) atoms. The second-order valence-corrected chi connectivity index (χ2v) is 4.43. The topological polar surface area (TPSA) is 27.7 Å². The molecule has 3 nitrogen and oxygen atoms in total. The fourth-order valence-corrected chi connectivity index (χ4v) is 2.55. The maximum Gasteiger partial charge on any atom is 0.146 e. The fourth-order valence-electron chi connectivity index (χ4n) is 2.55. The Bertz CT molecular complexity index is 215. The lowest BCUT2D eigenvalue weighted by molar-refractivity contribution is -0.0766. The first kappa shape index (κ1) is 11.1. The predicted octanol–water partition coefficient (Wildman–Crippen LogP) is 1.84. The van der Waals surface area contributed by atoms with Gasteiger partial charge in [0.25, 0.3) is 0 Å². The third-order valence-corrected chi connectivity index (χ3v) is 3.35. The van der Waals surface area contributed by atoms with E-state index in [0.29, 0.717) is 20.0 Å². The van der Waals surface area contributed by atoms with Crippen molar-refractivity contribution in [1.29, 1.82) is 0 Å². The van der Waals surface area contributed by atoms with E-state index in [0.717, 1.165) is 24.4 Å². The van der Waals surface area contributed by atoms with Crippen molar-refractivity contribution in [1.82, 2.24) is 0 Å². The van der Waals surface area contributed by atoms with Gasteiger partial charge < -0.3 is 14.2 Å². The van der Waals surface area contributed by atoms with Crippen LogP contribution in [0.1, 0.15) is 12.8 Å². The Balaban J connectivity index is 1.50. The van der Waals surface area contributed by atoms with Gasteiger partial charge in [-0.1, -0.05) is 12.2 Å². The molecule has 2 aliphatic carbocycles. The van der Waals surface area contributed by atoms with Gasteiger partial charge >= 0.3 is 0 Å². The third-order valence-electron chi connectivity index (χ3n) is 3.35. The summed E-state index contributed by atoms with van der Waals surface area (Å²) in [6.45, 7) is 2.51. The van der Waals surface area contributed by atoms with Crippen molar-refractivity contribution >= 4 is 0 Å². The standard InChI is InChI=1S/C12H20O3/c1-13-4-5-14-9-15-8-12-7-10-2-3-11(12)6-10/h2-3,10-12H,4-9H2,1H3/t10-,11+,12+/m0/s1. The monoisotopic (exact) mass is 212 g/mol. The Hall–Kier alpha value is -0.380. The van der Waals surface area contributed by atoms with E-state index in [9.17, 15) is 0 Å². The van der Waals surface area contributed by atoms with Crippen LogP contribution in [0.4, 0.5) is 0 Å². The summed E-state index contributed by atoms with van der Waals surface area (Å²) >= 11 is 0. The number of ether oxygens (including phenoxy) is 3. The first-order valence-electron chi connectivity index (χ1n) is 5.73. The van der Waals surface area contributed by atoms with E-state index in [1.807, 2.05) is 0 Å². The SMILES string of the molecule is COCCOCOC[C@H]1C[C@H]2C=C[C@@H]1C2. The van der Waals surface area contributed by atoms with Gasteiger partial charge in [0, 0.05) is 7.11 Å². The highest BCUT2D eigenvalue weighted by molar-refractivity contribution is 5.09. The molecule has 0 aromatic rings. The second kappa shape index (κ2) is 5.64. The van der Waals surface area contributed by atoms with Crippen LogP contribution in [0.15, 0.2) is 12.2 Å². The molecule has 3 heteroatoms. The van der Waals surface area contributed by atoms with Crippen LogP contribution in [0.5, 0.6) is 0 Å². The molecule has 0 amide bonds. The van der Waals surface area contributed by atoms with Gasteiger partial charge in [0.2, 0.25) is 0 Å². The van der Waals surface area contributed by atoms with Crippen LogP contribution >= 0.6 is 0 Å². The van der Waals surface area contributed by atoms with Crippen molar-refractivity contribution in [3.8, 4) is 0 Å². The quantitative estimate of drug-likeness (QED) is 0.366. The van der Waals surface area contributed by atoms with Crippen LogP contribution < -0.4 is 0 Å². The van der Waals surface area contributed by atoms with Crippen molar-refractivity contribution in [3.05, 3.63) is 12.2 Å². The number of hydrogen-bond acceptors (Lipinski definition) is 3. The van der Waals surface area contributed by atoms with E-state index >= 15 is 0 Å². The summed E-state index contributed by atoms with van der Waals surface area (Å²) in [4.78, 5) is 0. The Kier molecular flexibility index (Phi) is 4.18. The van der Waals surface area contributed by atoms with E-state index in [1.54, 1.807) is 7.11 Å². The minimum atomic E-state index is 0.404. The molecule has 1 fully saturated rings. The second-order valence-electron chi connectivity index (χ2n) is 4.43. The average molecular weight is 212 g/mol. The lowest BCUT2D eigenvalue weighted by atomic mass is 9.95. The third kappa shape index (κ3) is 3.03. The molecule has 0 spiro atoms. The summed E-state index contributed by atoms with van der Waals surface area (Å²) in [5, 5.41) is 0. The highest BCUT2D eigenvalue weighted by Gasteiger charge is 2.35. The van der Waals surface area contributed by atoms with Crippen LogP contribution in [0.25, 0.3) is 0 Å². The molecule has 0 unspecified atom stereocenters. The fraction of sp³-hybridized carbons (Fsp3) is 0.833. The maximum absolute atomic E-state index is 5.51. The Morgan fingerprint density at radius 2 is 2.07 bits per heavy atom. The minimum absolute atomic E-state index is 0.404. The minimum Gasteiger partial charge on any atom is -0.382 e. The molecule has 0 saturated heterocycles. The van der Waals surface area contributed by atoms with Gasteiger partial charge in [0.15, 0.2) is 0 Å². The van der Waals surface area contributed by atoms with Crippen molar-refractivity contribution in [2.75, 3.05) is 33.7 Å². The number of methoxy groups -OCH3 is 1. The molecule has 0 N–H and O–H groups in total. The summed E-state index contributed by atoms with van der Waals surface area (Å²) in [5.74, 6) is 2.33. The Morgan fingerprint density at radius 3 is 2.73 bits per heavy atom. The molecular weight excluding hydrogens is 192 g/mol. The van der Waals surface area contributed by atoms with Gasteiger partial charge in [-0.25, -0.2) is 0 Å². The molecule has 0 radical (unpaired) electrons. The summed E-state index contributed by atoms with van der Waals surface area (Å²) in [5.41, 5.74) is 0. The van der Waals surface area contributed by atoms with E-state index in [1.165, 1.54) is 12.8 Å². The molecule has 2 rings (SSSR count). The maximum atomic E-state index is 5.51. The van der Waals surface area contributed by atoms with Gasteiger partial charge in [-0.3, -0.25) is 0 Å². The van der Waals surface area contributed by atoms with E-state index in [-0.39, 0.29) is 0 Å². The molecule has 0 aromatic carbocycles. The van der Waals surface area contributed by atoms with Crippen LogP contribution in [0, 0.1) is 17.8 Å². The molecule has 0 heterocycles. The van der Waals surface area contributed by atoms with Gasteiger partial charge in [0.1, 0.15) is 6.79 Å².